The van der Waals surface area contributed by atoms with Gasteiger partial charge in [0, 0.05) is 15.9 Å². The molecule has 0 amide bonds. The zero-order valence-electron chi connectivity index (χ0n) is 12.1. The van der Waals surface area contributed by atoms with Gasteiger partial charge in [0.25, 0.3) is 7.37 Å². The highest BCUT2D eigenvalue weighted by Gasteiger charge is 2.54. The van der Waals surface area contributed by atoms with E-state index in [2.05, 4.69) is 18.7 Å². The minimum absolute atomic E-state index is 0.143. The molecule has 0 bridgehead atoms. The number of rotatable bonds is 1. The molecule has 1 aromatic carbocycles. The van der Waals surface area contributed by atoms with Gasteiger partial charge in [-0.25, -0.2) is 0 Å². The maximum absolute atomic E-state index is 13.4. The highest BCUT2D eigenvalue weighted by Crippen LogP contribution is 2.63. The van der Waals surface area contributed by atoms with Gasteiger partial charge in [0.15, 0.2) is 0 Å². The van der Waals surface area contributed by atoms with Crippen molar-refractivity contribution in [1.82, 2.24) is 4.90 Å². The Morgan fingerprint density at radius 2 is 1.95 bits per heavy atom. The van der Waals surface area contributed by atoms with Crippen LogP contribution in [0.5, 0.6) is 0 Å². The predicted molar refractivity (Wildman–Crippen MR) is 80.6 cm³/mol. The average molecular weight is 302 g/mol. The molecule has 0 N–H and O–H groups in total. The standard InChI is InChI=1S/C14H21ClNO2P/c1-13(2)10-18-19(17,14(3,4)16(13)5)12-8-6-7-11(15)9-12/h6-9H,10H2,1-5H3. The van der Waals surface area contributed by atoms with Crippen LogP contribution in [-0.4, -0.2) is 29.4 Å². The zero-order chi connectivity index (χ0) is 14.5. The number of likely N-dealkylation sites (N-methyl/N-ethyl adjacent to an activating group) is 1. The molecule has 106 valence electrons. The van der Waals surface area contributed by atoms with Crippen LogP contribution in [0.3, 0.4) is 0 Å². The molecule has 0 aliphatic carbocycles. The number of hydrogen-bond acceptors (Lipinski definition) is 3. The van der Waals surface area contributed by atoms with Crippen molar-refractivity contribution in [1.29, 1.82) is 0 Å². The summed E-state index contributed by atoms with van der Waals surface area (Å²) in [6.07, 6.45) is 0. The van der Waals surface area contributed by atoms with E-state index in [1.54, 1.807) is 12.1 Å². The molecule has 1 unspecified atom stereocenters. The summed E-state index contributed by atoms with van der Waals surface area (Å²) < 4.78 is 19.3. The average Bonchev–Trinajstić information content (AvgIpc) is 2.33. The minimum Gasteiger partial charge on any atom is -0.322 e. The van der Waals surface area contributed by atoms with Crippen molar-refractivity contribution in [2.75, 3.05) is 13.7 Å². The monoisotopic (exact) mass is 301 g/mol. The van der Waals surface area contributed by atoms with Gasteiger partial charge >= 0.3 is 0 Å². The first-order valence-electron chi connectivity index (χ1n) is 6.36. The van der Waals surface area contributed by atoms with Gasteiger partial charge in [-0.15, -0.1) is 0 Å². The van der Waals surface area contributed by atoms with Crippen LogP contribution in [0.1, 0.15) is 27.7 Å². The summed E-state index contributed by atoms with van der Waals surface area (Å²) in [4.78, 5) is 2.14. The Morgan fingerprint density at radius 3 is 2.53 bits per heavy atom. The fourth-order valence-corrected chi connectivity index (χ4v) is 5.61. The quantitative estimate of drug-likeness (QED) is 0.740. The molecule has 0 radical (unpaired) electrons. The predicted octanol–water partition coefficient (Wildman–Crippen LogP) is 3.72. The van der Waals surface area contributed by atoms with Crippen LogP contribution in [0.15, 0.2) is 24.3 Å². The van der Waals surface area contributed by atoms with Crippen molar-refractivity contribution in [2.45, 2.75) is 38.5 Å². The van der Waals surface area contributed by atoms with Crippen molar-refractivity contribution >= 4 is 24.3 Å². The summed E-state index contributed by atoms with van der Waals surface area (Å²) in [5, 5.41) is 0.700. The summed E-state index contributed by atoms with van der Waals surface area (Å²) in [5.41, 5.74) is -0.143. The van der Waals surface area contributed by atoms with Gasteiger partial charge in [-0.05, 0) is 52.9 Å². The lowest BCUT2D eigenvalue weighted by Crippen LogP contribution is -2.60. The van der Waals surface area contributed by atoms with Gasteiger partial charge in [0.05, 0.1) is 11.9 Å². The first-order chi connectivity index (χ1) is 8.61. The van der Waals surface area contributed by atoms with Crippen molar-refractivity contribution in [3.63, 3.8) is 0 Å². The normalized spacial score (nSPS) is 30.2. The Balaban J connectivity index is 2.53. The number of benzene rings is 1. The molecule has 19 heavy (non-hydrogen) atoms. The minimum atomic E-state index is -2.99. The molecule has 1 heterocycles. The second kappa shape index (κ2) is 4.60. The van der Waals surface area contributed by atoms with Crippen molar-refractivity contribution < 1.29 is 9.09 Å². The molecule has 1 aliphatic heterocycles. The number of nitrogens with zero attached hydrogens (tertiary/aromatic N) is 1. The molecule has 1 fully saturated rings. The highest BCUT2D eigenvalue weighted by atomic mass is 35.5. The SMILES string of the molecule is CN1C(C)(C)COP(=O)(c2cccc(Cl)c2)C1(C)C. The van der Waals surface area contributed by atoms with Crippen molar-refractivity contribution in [2.24, 2.45) is 0 Å². The lowest BCUT2D eigenvalue weighted by atomic mass is 10.0. The molecule has 5 heteroatoms. The zero-order valence-corrected chi connectivity index (χ0v) is 13.8. The van der Waals surface area contributed by atoms with Crippen LogP contribution < -0.4 is 5.30 Å². The second-order valence-corrected chi connectivity index (χ2v) is 9.58. The van der Waals surface area contributed by atoms with Crippen LogP contribution in [-0.2, 0) is 9.09 Å². The van der Waals surface area contributed by atoms with E-state index < -0.39 is 12.6 Å². The molecule has 2 rings (SSSR count). The van der Waals surface area contributed by atoms with Crippen molar-refractivity contribution in [3.05, 3.63) is 29.3 Å². The van der Waals surface area contributed by atoms with Crippen LogP contribution in [0.4, 0.5) is 0 Å². The fourth-order valence-electron chi connectivity index (χ4n) is 2.49. The molecule has 0 spiro atoms. The summed E-state index contributed by atoms with van der Waals surface area (Å²) in [7, 11) is -0.991. The molecular weight excluding hydrogens is 281 g/mol. The van der Waals surface area contributed by atoms with E-state index in [9.17, 15) is 4.57 Å². The third-order valence-electron chi connectivity index (χ3n) is 4.20. The summed E-state index contributed by atoms with van der Waals surface area (Å²) in [6.45, 7) is 8.56. The summed E-state index contributed by atoms with van der Waals surface area (Å²) in [6, 6.07) is 7.18. The Labute approximate surface area is 120 Å². The molecule has 1 aromatic rings. The van der Waals surface area contributed by atoms with E-state index in [0.29, 0.717) is 16.9 Å². The largest absolute Gasteiger partial charge is 0.322 e. The third-order valence-corrected chi connectivity index (χ3v) is 7.62. The summed E-state index contributed by atoms with van der Waals surface area (Å²) >= 11 is 6.02. The Kier molecular flexibility index (Phi) is 3.64. The topological polar surface area (TPSA) is 29.5 Å². The summed E-state index contributed by atoms with van der Waals surface area (Å²) in [5.74, 6) is 0. The first-order valence-corrected chi connectivity index (χ1v) is 8.36. The number of hydrogen-bond donors (Lipinski definition) is 0. The molecule has 0 saturated carbocycles. The maximum Gasteiger partial charge on any atom is 0.251 e. The molecule has 1 aliphatic rings. The molecule has 1 atom stereocenters. The van der Waals surface area contributed by atoms with Gasteiger partial charge < -0.3 is 4.52 Å². The maximum atomic E-state index is 13.4. The molecule has 1 saturated heterocycles. The van der Waals surface area contributed by atoms with Crippen LogP contribution in [0.25, 0.3) is 0 Å². The van der Waals surface area contributed by atoms with Crippen molar-refractivity contribution in [3.8, 4) is 0 Å². The smallest absolute Gasteiger partial charge is 0.251 e. The van der Waals surface area contributed by atoms with Crippen LogP contribution in [0, 0.1) is 0 Å². The fraction of sp³-hybridized carbons (Fsp3) is 0.571. The van der Waals surface area contributed by atoms with Gasteiger partial charge in [-0.1, -0.05) is 17.7 Å². The van der Waals surface area contributed by atoms with E-state index in [0.717, 1.165) is 0 Å². The van der Waals surface area contributed by atoms with Crippen LogP contribution in [0.2, 0.25) is 5.02 Å². The Bertz CT molecular complexity index is 542. The lowest BCUT2D eigenvalue weighted by Gasteiger charge is -2.53. The molecule has 3 nitrogen and oxygen atoms in total. The van der Waals surface area contributed by atoms with E-state index >= 15 is 0 Å². The number of halogens is 1. The molecule has 0 aromatic heterocycles. The third kappa shape index (κ3) is 2.27. The van der Waals surface area contributed by atoms with Gasteiger partial charge in [0.1, 0.15) is 0 Å². The van der Waals surface area contributed by atoms with Gasteiger partial charge in [-0.3, -0.25) is 9.46 Å². The van der Waals surface area contributed by atoms with E-state index in [1.165, 1.54) is 0 Å². The van der Waals surface area contributed by atoms with E-state index in [4.69, 9.17) is 16.1 Å². The van der Waals surface area contributed by atoms with Gasteiger partial charge in [0.2, 0.25) is 0 Å². The van der Waals surface area contributed by atoms with E-state index in [-0.39, 0.29) is 5.54 Å². The van der Waals surface area contributed by atoms with Gasteiger partial charge in [-0.2, -0.15) is 0 Å². The Morgan fingerprint density at radius 1 is 1.32 bits per heavy atom. The van der Waals surface area contributed by atoms with Crippen LogP contribution >= 0.6 is 19.0 Å². The lowest BCUT2D eigenvalue weighted by molar-refractivity contribution is 0.0109. The Hall–Kier alpha value is -0.340. The second-order valence-electron chi connectivity index (χ2n) is 6.17. The molecular formula is C14H21ClNO2P. The van der Waals surface area contributed by atoms with E-state index in [1.807, 2.05) is 33.0 Å². The first kappa shape index (κ1) is 15.1. The highest BCUT2D eigenvalue weighted by molar-refractivity contribution is 7.68.